The molecule has 2 aromatic rings. The van der Waals surface area contributed by atoms with E-state index in [1.165, 1.54) is 0 Å². The van der Waals surface area contributed by atoms with E-state index in [2.05, 4.69) is 5.32 Å². The lowest BCUT2D eigenvalue weighted by Gasteiger charge is -2.10. The van der Waals surface area contributed by atoms with Crippen LogP contribution in [0.3, 0.4) is 0 Å². The number of nitrogens with one attached hydrogen (secondary N) is 1. The lowest BCUT2D eigenvalue weighted by Crippen LogP contribution is -2.03. The Balaban J connectivity index is 2.19. The Morgan fingerprint density at radius 1 is 1.05 bits per heavy atom. The van der Waals surface area contributed by atoms with Crippen molar-refractivity contribution >= 4 is 5.69 Å². The van der Waals surface area contributed by atoms with Crippen LogP contribution in [0.5, 0.6) is 5.75 Å². The molecule has 0 spiro atoms. The van der Waals surface area contributed by atoms with E-state index in [9.17, 15) is 18.3 Å². The van der Waals surface area contributed by atoms with Gasteiger partial charge in [0.05, 0.1) is 5.69 Å². The predicted molar refractivity (Wildman–Crippen MR) is 66.5 cm³/mol. The number of aryl methyl sites for hydroxylation is 1. The molecule has 0 atom stereocenters. The first-order valence-electron chi connectivity index (χ1n) is 5.65. The van der Waals surface area contributed by atoms with Crippen molar-refractivity contribution in [3.8, 4) is 5.75 Å². The van der Waals surface area contributed by atoms with Gasteiger partial charge in [-0.2, -0.15) is 0 Å². The average Bonchev–Trinajstić information content (AvgIpc) is 2.37. The molecule has 0 fully saturated rings. The number of phenols is 1. The molecule has 0 amide bonds. The molecule has 2 aromatic carbocycles. The lowest BCUT2D eigenvalue weighted by atomic mass is 10.1. The first-order chi connectivity index (χ1) is 8.99. The fraction of sp³-hybridized carbons (Fsp3) is 0.143. The monoisotopic (exact) mass is 267 g/mol. The molecular weight excluding hydrogens is 255 g/mol. The fourth-order valence-corrected chi connectivity index (χ4v) is 1.71. The van der Waals surface area contributed by atoms with Crippen LogP contribution in [0.2, 0.25) is 0 Å². The molecule has 0 saturated carbocycles. The van der Waals surface area contributed by atoms with E-state index in [-0.39, 0.29) is 18.0 Å². The Labute approximate surface area is 108 Å². The van der Waals surface area contributed by atoms with E-state index in [0.717, 1.165) is 6.07 Å². The summed E-state index contributed by atoms with van der Waals surface area (Å²) in [6, 6.07) is 6.36. The molecule has 0 bridgehead atoms. The summed E-state index contributed by atoms with van der Waals surface area (Å²) in [6.45, 7) is 1.84. The highest BCUT2D eigenvalue weighted by Crippen LogP contribution is 2.24. The molecule has 0 aliphatic carbocycles. The van der Waals surface area contributed by atoms with E-state index in [1.54, 1.807) is 25.1 Å². The minimum absolute atomic E-state index is 0.0954. The maximum atomic E-state index is 13.4. The molecule has 19 heavy (non-hydrogen) atoms. The standard InChI is InChI=1S/C14H12F3NO/c1-8-3-2-4-9(14(8)19)7-18-13-6-11(16)10(15)5-12(13)17/h2-6,18-19H,7H2,1H3. The second-order valence-corrected chi connectivity index (χ2v) is 4.18. The van der Waals surface area contributed by atoms with Crippen molar-refractivity contribution < 1.29 is 18.3 Å². The first kappa shape index (κ1) is 13.3. The number of hydrogen-bond acceptors (Lipinski definition) is 2. The molecule has 2 nitrogen and oxygen atoms in total. The molecule has 0 aliphatic rings. The Hall–Kier alpha value is -2.17. The smallest absolute Gasteiger partial charge is 0.161 e. The zero-order valence-electron chi connectivity index (χ0n) is 10.2. The Kier molecular flexibility index (Phi) is 3.64. The second-order valence-electron chi connectivity index (χ2n) is 4.18. The van der Waals surface area contributed by atoms with E-state index >= 15 is 0 Å². The molecule has 0 unspecified atom stereocenters. The van der Waals surface area contributed by atoms with Gasteiger partial charge in [-0.25, -0.2) is 13.2 Å². The zero-order chi connectivity index (χ0) is 14.0. The number of para-hydroxylation sites is 1. The predicted octanol–water partition coefficient (Wildman–Crippen LogP) is 3.73. The van der Waals surface area contributed by atoms with Crippen LogP contribution in [0.25, 0.3) is 0 Å². The third-order valence-electron chi connectivity index (χ3n) is 2.80. The van der Waals surface area contributed by atoms with Crippen LogP contribution in [-0.2, 0) is 6.54 Å². The van der Waals surface area contributed by atoms with E-state index in [0.29, 0.717) is 17.2 Å². The van der Waals surface area contributed by atoms with Crippen molar-refractivity contribution in [2.75, 3.05) is 5.32 Å². The van der Waals surface area contributed by atoms with Gasteiger partial charge >= 0.3 is 0 Å². The van der Waals surface area contributed by atoms with E-state index in [4.69, 9.17) is 0 Å². The van der Waals surface area contributed by atoms with Gasteiger partial charge < -0.3 is 10.4 Å². The van der Waals surface area contributed by atoms with Crippen molar-refractivity contribution in [2.45, 2.75) is 13.5 Å². The maximum Gasteiger partial charge on any atom is 0.161 e. The summed E-state index contributed by atoms with van der Waals surface area (Å²) in [4.78, 5) is 0. The van der Waals surface area contributed by atoms with Crippen LogP contribution in [-0.4, -0.2) is 5.11 Å². The largest absolute Gasteiger partial charge is 0.507 e. The molecular formula is C14H12F3NO. The highest BCUT2D eigenvalue weighted by atomic mass is 19.2. The quantitative estimate of drug-likeness (QED) is 0.830. The van der Waals surface area contributed by atoms with Crippen molar-refractivity contribution in [2.24, 2.45) is 0 Å². The Morgan fingerprint density at radius 3 is 2.47 bits per heavy atom. The van der Waals surface area contributed by atoms with Gasteiger partial charge in [0, 0.05) is 24.2 Å². The zero-order valence-corrected chi connectivity index (χ0v) is 10.2. The second kappa shape index (κ2) is 5.22. The van der Waals surface area contributed by atoms with Crippen LogP contribution in [0.4, 0.5) is 18.9 Å². The van der Waals surface area contributed by atoms with Gasteiger partial charge in [0.2, 0.25) is 0 Å². The van der Waals surface area contributed by atoms with Gasteiger partial charge in [-0.3, -0.25) is 0 Å². The maximum absolute atomic E-state index is 13.4. The highest BCUT2D eigenvalue weighted by Gasteiger charge is 2.10. The fourth-order valence-electron chi connectivity index (χ4n) is 1.71. The Morgan fingerprint density at radius 2 is 1.74 bits per heavy atom. The topological polar surface area (TPSA) is 32.3 Å². The summed E-state index contributed by atoms with van der Waals surface area (Å²) in [5.74, 6) is -3.15. The molecule has 0 aliphatic heterocycles. The number of hydrogen-bond donors (Lipinski definition) is 2. The average molecular weight is 267 g/mol. The number of benzene rings is 2. The number of halogens is 3. The van der Waals surface area contributed by atoms with Crippen molar-refractivity contribution in [3.63, 3.8) is 0 Å². The number of phenolic OH excluding ortho intramolecular Hbond substituents is 1. The molecule has 0 aromatic heterocycles. The summed E-state index contributed by atoms with van der Waals surface area (Å²) in [5, 5.41) is 12.4. The highest BCUT2D eigenvalue weighted by molar-refractivity contribution is 5.48. The van der Waals surface area contributed by atoms with Gasteiger partial charge in [0.25, 0.3) is 0 Å². The normalized spacial score (nSPS) is 10.5. The number of aromatic hydroxyl groups is 1. The van der Waals surface area contributed by atoms with Gasteiger partial charge in [0.1, 0.15) is 11.6 Å². The molecule has 0 heterocycles. The summed E-state index contributed by atoms with van der Waals surface area (Å²) < 4.78 is 39.1. The van der Waals surface area contributed by atoms with E-state index < -0.39 is 17.5 Å². The van der Waals surface area contributed by atoms with E-state index in [1.807, 2.05) is 0 Å². The Bertz CT molecular complexity index is 614. The number of rotatable bonds is 3. The summed E-state index contributed by atoms with van der Waals surface area (Å²) >= 11 is 0. The van der Waals surface area contributed by atoms with Crippen LogP contribution in [0, 0.1) is 24.4 Å². The molecule has 100 valence electrons. The van der Waals surface area contributed by atoms with Gasteiger partial charge in [0.15, 0.2) is 11.6 Å². The number of anilines is 1. The van der Waals surface area contributed by atoms with Gasteiger partial charge in [-0.15, -0.1) is 0 Å². The summed E-state index contributed by atoms with van der Waals surface area (Å²) in [7, 11) is 0. The van der Waals surface area contributed by atoms with Gasteiger partial charge in [-0.05, 0) is 12.5 Å². The molecule has 5 heteroatoms. The van der Waals surface area contributed by atoms with Crippen LogP contribution in [0.15, 0.2) is 30.3 Å². The third-order valence-corrected chi connectivity index (χ3v) is 2.80. The van der Waals surface area contributed by atoms with Crippen LogP contribution >= 0.6 is 0 Å². The van der Waals surface area contributed by atoms with Crippen LogP contribution in [0.1, 0.15) is 11.1 Å². The first-order valence-corrected chi connectivity index (χ1v) is 5.65. The molecule has 0 radical (unpaired) electrons. The SMILES string of the molecule is Cc1cccc(CNc2cc(F)c(F)cc2F)c1O. The van der Waals surface area contributed by atoms with Crippen molar-refractivity contribution in [3.05, 3.63) is 58.9 Å². The molecule has 2 rings (SSSR count). The minimum Gasteiger partial charge on any atom is -0.507 e. The lowest BCUT2D eigenvalue weighted by molar-refractivity contribution is 0.464. The minimum atomic E-state index is -1.23. The van der Waals surface area contributed by atoms with Crippen LogP contribution < -0.4 is 5.32 Å². The van der Waals surface area contributed by atoms with Crippen molar-refractivity contribution in [1.29, 1.82) is 0 Å². The van der Waals surface area contributed by atoms with Crippen molar-refractivity contribution in [1.82, 2.24) is 0 Å². The summed E-state index contributed by atoms with van der Waals surface area (Å²) in [5.41, 5.74) is 1.08. The third kappa shape index (κ3) is 2.81. The van der Waals surface area contributed by atoms with Gasteiger partial charge in [-0.1, -0.05) is 18.2 Å². The molecule has 0 saturated heterocycles. The molecule has 2 N–H and O–H groups in total. The summed E-state index contributed by atoms with van der Waals surface area (Å²) in [6.07, 6.45) is 0.